The summed E-state index contributed by atoms with van der Waals surface area (Å²) in [6, 6.07) is 0. The van der Waals surface area contributed by atoms with Gasteiger partial charge in [0.1, 0.15) is 0 Å². The van der Waals surface area contributed by atoms with E-state index in [2.05, 4.69) is 9.82 Å². The van der Waals surface area contributed by atoms with Crippen molar-refractivity contribution >= 4 is 21.6 Å². The lowest BCUT2D eigenvalue weighted by molar-refractivity contribution is 0.152. The van der Waals surface area contributed by atoms with Crippen LogP contribution in [0.15, 0.2) is 11.2 Å². The summed E-state index contributed by atoms with van der Waals surface area (Å²) in [5, 5.41) is 13.4. The maximum Gasteiger partial charge on any atom is 0.259 e. The number of aryl methyl sites for hydroxylation is 1. The topological polar surface area (TPSA) is 84.2 Å². The Morgan fingerprint density at radius 2 is 2.17 bits per heavy atom. The molecule has 0 aromatic carbocycles. The Kier molecular flexibility index (Phi) is 5.15. The van der Waals surface area contributed by atoms with Gasteiger partial charge in [-0.25, -0.2) is 13.1 Å². The van der Waals surface area contributed by atoms with E-state index in [4.69, 9.17) is 11.6 Å². The quantitative estimate of drug-likeness (QED) is 0.811. The molecule has 2 N–H and O–H groups in total. The van der Waals surface area contributed by atoms with Crippen LogP contribution in [0.1, 0.15) is 20.3 Å². The molecule has 6 nitrogen and oxygen atoms in total. The lowest BCUT2D eigenvalue weighted by atomic mass is 10.1. The molecule has 1 heterocycles. The molecule has 0 fully saturated rings. The van der Waals surface area contributed by atoms with Crippen molar-refractivity contribution in [2.75, 3.05) is 6.54 Å². The molecule has 0 radical (unpaired) electrons. The van der Waals surface area contributed by atoms with Crippen molar-refractivity contribution < 1.29 is 13.5 Å². The molecule has 0 saturated heterocycles. The number of rotatable bonds is 6. The van der Waals surface area contributed by atoms with E-state index in [0.717, 1.165) is 0 Å². The number of nitrogens with zero attached hydrogens (tertiary/aromatic N) is 2. The number of nitrogens with one attached hydrogen (secondary N) is 1. The summed E-state index contributed by atoms with van der Waals surface area (Å²) >= 11 is 5.76. The van der Waals surface area contributed by atoms with E-state index in [1.54, 1.807) is 0 Å². The first-order valence-electron chi connectivity index (χ1n) is 5.59. The van der Waals surface area contributed by atoms with Gasteiger partial charge in [-0.2, -0.15) is 5.10 Å². The fourth-order valence-electron chi connectivity index (χ4n) is 1.60. The van der Waals surface area contributed by atoms with Crippen molar-refractivity contribution in [2.24, 2.45) is 13.0 Å². The number of sulfonamides is 1. The monoisotopic (exact) mass is 295 g/mol. The first kappa shape index (κ1) is 15.4. The van der Waals surface area contributed by atoms with Gasteiger partial charge in [-0.05, 0) is 12.3 Å². The van der Waals surface area contributed by atoms with E-state index >= 15 is 0 Å². The van der Waals surface area contributed by atoms with Crippen molar-refractivity contribution in [1.29, 1.82) is 0 Å². The molecule has 1 aromatic heterocycles. The smallest absolute Gasteiger partial charge is 0.259 e. The molecular weight excluding hydrogens is 278 g/mol. The highest BCUT2D eigenvalue weighted by Crippen LogP contribution is 2.19. The van der Waals surface area contributed by atoms with Gasteiger partial charge in [-0.15, -0.1) is 0 Å². The molecule has 0 saturated carbocycles. The van der Waals surface area contributed by atoms with Crippen LogP contribution in [0.2, 0.25) is 5.02 Å². The van der Waals surface area contributed by atoms with Crippen LogP contribution in [-0.2, 0) is 17.1 Å². The molecule has 1 atom stereocenters. The van der Waals surface area contributed by atoms with Crippen molar-refractivity contribution in [3.05, 3.63) is 11.2 Å². The predicted molar refractivity (Wildman–Crippen MR) is 68.9 cm³/mol. The average molecular weight is 296 g/mol. The zero-order valence-corrected chi connectivity index (χ0v) is 12.2. The Morgan fingerprint density at radius 3 is 2.61 bits per heavy atom. The molecular formula is C10H18ClN3O3S. The molecule has 1 unspecified atom stereocenters. The van der Waals surface area contributed by atoms with Crippen LogP contribution in [0.3, 0.4) is 0 Å². The Hall–Kier alpha value is -0.630. The van der Waals surface area contributed by atoms with E-state index in [0.29, 0.717) is 12.3 Å². The molecule has 0 aliphatic rings. The van der Waals surface area contributed by atoms with Crippen LogP contribution in [0.25, 0.3) is 0 Å². The number of hydrogen-bond acceptors (Lipinski definition) is 4. The molecule has 0 aliphatic heterocycles. The van der Waals surface area contributed by atoms with Gasteiger partial charge in [-0.1, -0.05) is 25.4 Å². The maximum absolute atomic E-state index is 12.0. The number of hydrogen-bond donors (Lipinski definition) is 2. The summed E-state index contributed by atoms with van der Waals surface area (Å²) < 4.78 is 27.4. The van der Waals surface area contributed by atoms with E-state index in [9.17, 15) is 13.5 Å². The van der Waals surface area contributed by atoms with Crippen LogP contribution >= 0.6 is 11.6 Å². The summed E-state index contributed by atoms with van der Waals surface area (Å²) in [6.07, 6.45) is 1.08. The summed E-state index contributed by atoms with van der Waals surface area (Å²) in [7, 11) is -2.26. The molecule has 18 heavy (non-hydrogen) atoms. The fourth-order valence-corrected chi connectivity index (χ4v) is 3.33. The molecule has 1 rings (SSSR count). The highest BCUT2D eigenvalue weighted by molar-refractivity contribution is 7.89. The van der Waals surface area contributed by atoms with Crippen molar-refractivity contribution in [3.8, 4) is 0 Å². The molecule has 0 bridgehead atoms. The van der Waals surface area contributed by atoms with Gasteiger partial charge in [0.25, 0.3) is 10.0 Å². The van der Waals surface area contributed by atoms with E-state index in [1.165, 1.54) is 17.9 Å². The largest absolute Gasteiger partial charge is 0.392 e. The second-order valence-electron chi connectivity index (χ2n) is 4.56. The number of aromatic nitrogens is 2. The van der Waals surface area contributed by atoms with Gasteiger partial charge >= 0.3 is 0 Å². The van der Waals surface area contributed by atoms with Gasteiger partial charge in [0, 0.05) is 13.6 Å². The Balaban J connectivity index is 2.72. The zero-order valence-electron chi connectivity index (χ0n) is 10.6. The first-order valence-corrected chi connectivity index (χ1v) is 7.45. The zero-order chi connectivity index (χ0) is 13.9. The summed E-state index contributed by atoms with van der Waals surface area (Å²) in [4.78, 5) is 0. The van der Waals surface area contributed by atoms with Gasteiger partial charge in [0.2, 0.25) is 0 Å². The molecule has 8 heteroatoms. The normalized spacial score (nSPS) is 14.1. The Morgan fingerprint density at radius 1 is 1.56 bits per heavy atom. The third-order valence-corrected chi connectivity index (χ3v) is 4.28. The van der Waals surface area contributed by atoms with Crippen molar-refractivity contribution in [2.45, 2.75) is 31.4 Å². The average Bonchev–Trinajstić information content (AvgIpc) is 2.55. The summed E-state index contributed by atoms with van der Waals surface area (Å²) in [6.45, 7) is 3.87. The second-order valence-corrected chi connectivity index (χ2v) is 6.65. The van der Waals surface area contributed by atoms with Crippen molar-refractivity contribution in [1.82, 2.24) is 14.5 Å². The minimum absolute atomic E-state index is 0.0397. The molecule has 0 aliphatic carbocycles. The second kappa shape index (κ2) is 6.01. The molecule has 104 valence electrons. The minimum Gasteiger partial charge on any atom is -0.392 e. The Bertz CT molecular complexity index is 479. The summed E-state index contributed by atoms with van der Waals surface area (Å²) in [5.74, 6) is 0.296. The van der Waals surface area contributed by atoms with Crippen LogP contribution < -0.4 is 4.72 Å². The third-order valence-electron chi connectivity index (χ3n) is 2.35. The van der Waals surface area contributed by atoms with Gasteiger partial charge < -0.3 is 5.11 Å². The van der Waals surface area contributed by atoms with E-state index < -0.39 is 16.1 Å². The summed E-state index contributed by atoms with van der Waals surface area (Å²) in [5.41, 5.74) is 0. The molecule has 0 amide bonds. The van der Waals surface area contributed by atoms with Gasteiger partial charge in [0.05, 0.1) is 17.3 Å². The molecule has 1 aromatic rings. The van der Waals surface area contributed by atoms with Gasteiger partial charge in [0.15, 0.2) is 5.03 Å². The van der Waals surface area contributed by atoms with Crippen LogP contribution in [0.5, 0.6) is 0 Å². The van der Waals surface area contributed by atoms with Crippen LogP contribution in [-0.4, -0.2) is 36.0 Å². The van der Waals surface area contributed by atoms with E-state index in [1.807, 2.05) is 13.8 Å². The highest BCUT2D eigenvalue weighted by atomic mass is 35.5. The van der Waals surface area contributed by atoms with Crippen LogP contribution in [0, 0.1) is 5.92 Å². The van der Waals surface area contributed by atoms with E-state index in [-0.39, 0.29) is 16.6 Å². The first-order chi connectivity index (χ1) is 8.24. The van der Waals surface area contributed by atoms with Crippen LogP contribution in [0.4, 0.5) is 0 Å². The van der Waals surface area contributed by atoms with Gasteiger partial charge in [-0.3, -0.25) is 4.68 Å². The standard InChI is InChI=1S/C10H18ClN3O3S/c1-7(2)4-8(15)5-13-18(16,17)10-9(11)6-12-14(10)3/h6-8,13,15H,4-5H2,1-3H3. The lowest BCUT2D eigenvalue weighted by Crippen LogP contribution is -2.34. The number of halogens is 1. The number of aliphatic hydroxyl groups excluding tert-OH is 1. The van der Waals surface area contributed by atoms with Crippen molar-refractivity contribution in [3.63, 3.8) is 0 Å². The predicted octanol–water partition coefficient (Wildman–Crippen LogP) is 0.759. The third kappa shape index (κ3) is 3.94. The number of aliphatic hydroxyl groups is 1. The fraction of sp³-hybridized carbons (Fsp3) is 0.700. The minimum atomic E-state index is -3.75. The Labute approximate surface area is 112 Å². The SMILES string of the molecule is CC(C)CC(O)CNS(=O)(=O)c1c(Cl)cnn1C. The maximum atomic E-state index is 12.0. The molecule has 0 spiro atoms. The lowest BCUT2D eigenvalue weighted by Gasteiger charge is -2.14. The highest BCUT2D eigenvalue weighted by Gasteiger charge is 2.23.